The lowest BCUT2D eigenvalue weighted by Gasteiger charge is -2.14. The van der Waals surface area contributed by atoms with E-state index in [9.17, 15) is 4.79 Å². The van der Waals surface area contributed by atoms with Crippen molar-refractivity contribution in [1.29, 1.82) is 0 Å². The van der Waals surface area contributed by atoms with Crippen LogP contribution in [-0.4, -0.2) is 17.5 Å². The van der Waals surface area contributed by atoms with Gasteiger partial charge in [0.05, 0.1) is 6.20 Å². The predicted octanol–water partition coefficient (Wildman–Crippen LogP) is -1.84. The molecule has 0 radical (unpaired) electrons. The second-order valence-corrected chi connectivity index (χ2v) is 3.05. The second-order valence-electron chi connectivity index (χ2n) is 3.05. The average molecular weight is 229 g/mol. The monoisotopic (exact) mass is 229 g/mol. The molecule has 1 heterocycles. The maximum atomic E-state index is 11.1. The summed E-state index contributed by atoms with van der Waals surface area (Å²) in [6.45, 7) is 0.448. The number of nitrogens with zero attached hydrogens (tertiary/aromatic N) is 2. The molecule has 0 aliphatic carbocycles. The van der Waals surface area contributed by atoms with Crippen LogP contribution in [0.25, 0.3) is 0 Å². The number of anilines is 1. The van der Waals surface area contributed by atoms with Gasteiger partial charge in [-0.25, -0.2) is 21.6 Å². The van der Waals surface area contributed by atoms with Crippen molar-refractivity contribution in [1.82, 2.24) is 10.6 Å². The van der Waals surface area contributed by atoms with Gasteiger partial charge < -0.3 is 20.8 Å². The Morgan fingerprint density at radius 2 is 2.44 bits per heavy atom. The number of rotatable bonds is 5. The lowest BCUT2D eigenvalue weighted by atomic mass is 10.3. The van der Waals surface area contributed by atoms with Crippen LogP contribution >= 0.6 is 0 Å². The first-order valence-electron chi connectivity index (χ1n) is 4.61. The molecule has 0 saturated carbocycles. The van der Waals surface area contributed by atoms with Crippen LogP contribution in [0.3, 0.4) is 0 Å². The molecule has 16 heavy (non-hydrogen) atoms. The maximum absolute atomic E-state index is 11.1. The number of H-pyrrole nitrogens is 1. The number of amidine groups is 1. The third-order valence-electron chi connectivity index (χ3n) is 2.00. The van der Waals surface area contributed by atoms with E-state index in [1.54, 1.807) is 0 Å². The first-order valence-corrected chi connectivity index (χ1v) is 4.61. The molecule has 9 heteroatoms. The SMILES string of the molecule is N/N=C(/CCCN(N)c1c[nH]oc1=O)NN. The van der Waals surface area contributed by atoms with Crippen LogP contribution in [0.1, 0.15) is 12.8 Å². The van der Waals surface area contributed by atoms with Crippen LogP contribution in [0.2, 0.25) is 0 Å². The predicted molar refractivity (Wildman–Crippen MR) is 59.0 cm³/mol. The Hall–Kier alpha value is -2.00. The molecule has 0 bridgehead atoms. The van der Waals surface area contributed by atoms with E-state index in [0.717, 1.165) is 0 Å². The molecule has 0 aliphatic heterocycles. The summed E-state index contributed by atoms with van der Waals surface area (Å²) in [5, 5.41) is 7.02. The van der Waals surface area contributed by atoms with E-state index in [2.05, 4.69) is 20.2 Å². The van der Waals surface area contributed by atoms with Crippen LogP contribution in [-0.2, 0) is 0 Å². The topological polar surface area (TPSA) is 152 Å². The molecule has 0 aromatic carbocycles. The summed E-state index contributed by atoms with van der Waals surface area (Å²) in [6.07, 6.45) is 2.57. The average Bonchev–Trinajstić information content (AvgIpc) is 2.70. The van der Waals surface area contributed by atoms with E-state index < -0.39 is 5.63 Å². The van der Waals surface area contributed by atoms with E-state index in [4.69, 9.17) is 17.5 Å². The van der Waals surface area contributed by atoms with Gasteiger partial charge in [0, 0.05) is 13.0 Å². The Kier molecular flexibility index (Phi) is 4.36. The summed E-state index contributed by atoms with van der Waals surface area (Å²) >= 11 is 0. The second kappa shape index (κ2) is 5.78. The molecule has 0 spiro atoms. The zero-order valence-electron chi connectivity index (χ0n) is 8.64. The molecular formula is C7H15N7O2. The molecule has 0 fully saturated rings. The van der Waals surface area contributed by atoms with E-state index in [1.165, 1.54) is 11.2 Å². The number of hydrogen-bond acceptors (Lipinski definition) is 7. The Bertz CT molecular complexity index is 395. The molecule has 1 rings (SSSR count). The molecule has 0 amide bonds. The van der Waals surface area contributed by atoms with Gasteiger partial charge in [-0.15, -0.1) is 0 Å². The molecule has 9 nitrogen and oxygen atoms in total. The summed E-state index contributed by atoms with van der Waals surface area (Å²) in [7, 11) is 0. The van der Waals surface area contributed by atoms with Crippen molar-refractivity contribution in [3.05, 3.63) is 16.6 Å². The normalized spacial score (nSPS) is 11.5. The Balaban J connectivity index is 2.39. The third-order valence-corrected chi connectivity index (χ3v) is 2.00. The number of hydrazine groups is 2. The first-order chi connectivity index (χ1) is 7.69. The fourth-order valence-electron chi connectivity index (χ4n) is 1.16. The van der Waals surface area contributed by atoms with Gasteiger partial charge in [0.2, 0.25) is 0 Å². The van der Waals surface area contributed by atoms with Gasteiger partial charge in [-0.2, -0.15) is 5.10 Å². The van der Waals surface area contributed by atoms with Crippen molar-refractivity contribution in [3.63, 3.8) is 0 Å². The summed E-state index contributed by atoms with van der Waals surface area (Å²) in [6, 6.07) is 0. The highest BCUT2D eigenvalue weighted by Crippen LogP contribution is 2.03. The van der Waals surface area contributed by atoms with Crippen molar-refractivity contribution in [3.8, 4) is 0 Å². The van der Waals surface area contributed by atoms with Gasteiger partial charge in [-0.3, -0.25) is 0 Å². The largest absolute Gasteiger partial charge is 0.381 e. The summed E-state index contributed by atoms with van der Waals surface area (Å²) < 4.78 is 4.48. The first kappa shape index (κ1) is 12.1. The molecule has 1 aromatic rings. The summed E-state index contributed by atoms with van der Waals surface area (Å²) in [5.41, 5.74) is 2.11. The molecule has 0 atom stereocenters. The summed E-state index contributed by atoms with van der Waals surface area (Å²) in [5.74, 6) is 16.3. The number of nitrogens with two attached hydrogens (primary N) is 3. The lowest BCUT2D eigenvalue weighted by molar-refractivity contribution is 0.391. The van der Waals surface area contributed by atoms with Crippen LogP contribution in [0.4, 0.5) is 5.69 Å². The van der Waals surface area contributed by atoms with Crippen LogP contribution in [0.15, 0.2) is 20.6 Å². The van der Waals surface area contributed by atoms with Gasteiger partial charge in [-0.05, 0) is 6.42 Å². The van der Waals surface area contributed by atoms with Crippen molar-refractivity contribution in [2.75, 3.05) is 11.6 Å². The molecule has 0 aliphatic rings. The molecular weight excluding hydrogens is 214 g/mol. The quantitative estimate of drug-likeness (QED) is 0.172. The Morgan fingerprint density at radius 3 is 2.94 bits per heavy atom. The van der Waals surface area contributed by atoms with Gasteiger partial charge in [-0.1, -0.05) is 0 Å². The Labute approximate surface area is 91.2 Å². The van der Waals surface area contributed by atoms with Crippen LogP contribution in [0, 0.1) is 0 Å². The molecule has 90 valence electrons. The van der Waals surface area contributed by atoms with E-state index in [1.807, 2.05) is 0 Å². The number of hydrogen-bond donors (Lipinski definition) is 5. The fourth-order valence-corrected chi connectivity index (χ4v) is 1.16. The highest BCUT2D eigenvalue weighted by molar-refractivity contribution is 5.81. The van der Waals surface area contributed by atoms with E-state index >= 15 is 0 Å². The van der Waals surface area contributed by atoms with E-state index in [-0.39, 0.29) is 5.69 Å². The van der Waals surface area contributed by atoms with Crippen LogP contribution < -0.4 is 33.6 Å². The number of aromatic nitrogens is 1. The minimum Gasteiger partial charge on any atom is -0.337 e. The lowest BCUT2D eigenvalue weighted by Crippen LogP contribution is -2.36. The highest BCUT2D eigenvalue weighted by atomic mass is 16.5. The fraction of sp³-hybridized carbons (Fsp3) is 0.429. The minimum absolute atomic E-state index is 0.270. The van der Waals surface area contributed by atoms with Crippen molar-refractivity contribution in [2.45, 2.75) is 12.8 Å². The summed E-state index contributed by atoms with van der Waals surface area (Å²) in [4.78, 5) is 11.1. The van der Waals surface area contributed by atoms with Crippen molar-refractivity contribution in [2.24, 2.45) is 22.6 Å². The minimum atomic E-state index is -0.507. The molecule has 8 N–H and O–H groups in total. The molecule has 0 saturated heterocycles. The molecule has 0 unspecified atom stereocenters. The third kappa shape index (κ3) is 3.00. The van der Waals surface area contributed by atoms with Crippen LogP contribution in [0.5, 0.6) is 0 Å². The van der Waals surface area contributed by atoms with Gasteiger partial charge in [0.25, 0.3) is 0 Å². The number of nitrogens with one attached hydrogen (secondary N) is 2. The smallest absolute Gasteiger partial charge is 0.337 e. The molecule has 1 aromatic heterocycles. The van der Waals surface area contributed by atoms with Gasteiger partial charge >= 0.3 is 5.63 Å². The zero-order valence-corrected chi connectivity index (χ0v) is 8.64. The Morgan fingerprint density at radius 1 is 1.69 bits per heavy atom. The van der Waals surface area contributed by atoms with Crippen molar-refractivity contribution < 1.29 is 4.52 Å². The van der Waals surface area contributed by atoms with Gasteiger partial charge in [0.1, 0.15) is 5.84 Å². The van der Waals surface area contributed by atoms with E-state index in [0.29, 0.717) is 25.2 Å². The van der Waals surface area contributed by atoms with Crippen molar-refractivity contribution >= 4 is 11.5 Å². The number of aromatic amines is 1. The zero-order chi connectivity index (χ0) is 12.0. The van der Waals surface area contributed by atoms with Gasteiger partial charge in [0.15, 0.2) is 5.69 Å². The highest BCUT2D eigenvalue weighted by Gasteiger charge is 2.09. The number of hydrazone groups is 1. The standard InChI is InChI=1S/C7H15N7O2/c8-12-6(13-9)2-1-3-14(10)5-4-11-16-7(5)15/h4,11H,1-3,8-10H2,(H,12,13). The maximum Gasteiger partial charge on any atom is 0.381 e.